The summed E-state index contributed by atoms with van der Waals surface area (Å²) in [5.41, 5.74) is 1.13. The highest BCUT2D eigenvalue weighted by atomic mass is 32.1. The molecule has 0 unspecified atom stereocenters. The first-order valence-corrected chi connectivity index (χ1v) is 8.42. The van der Waals surface area contributed by atoms with Crippen molar-refractivity contribution < 1.29 is 14.4 Å². The maximum Gasteiger partial charge on any atom is 0.265 e. The standard InChI is InChI=1S/C17H17N3O3S/c1-18-15(21)10-4-6-12(7-5-10)19-17(23)13-8-9-14(24-13)20-16(22)11-2-3-11/h4-9,11H,2-3H2,1H3,(H,18,21)(H,19,23)(H,20,22). The van der Waals surface area contributed by atoms with Gasteiger partial charge in [-0.1, -0.05) is 0 Å². The van der Waals surface area contributed by atoms with Crippen molar-refractivity contribution in [3.05, 3.63) is 46.8 Å². The van der Waals surface area contributed by atoms with Crippen molar-refractivity contribution >= 4 is 39.7 Å². The highest BCUT2D eigenvalue weighted by Crippen LogP contribution is 2.31. The molecule has 1 fully saturated rings. The van der Waals surface area contributed by atoms with Crippen molar-refractivity contribution in [3.63, 3.8) is 0 Å². The Balaban J connectivity index is 1.61. The Hall–Kier alpha value is -2.67. The summed E-state index contributed by atoms with van der Waals surface area (Å²) >= 11 is 1.24. The Morgan fingerprint density at radius 2 is 1.67 bits per heavy atom. The van der Waals surface area contributed by atoms with Crippen LogP contribution in [0.25, 0.3) is 0 Å². The van der Waals surface area contributed by atoms with Crippen LogP contribution in [0.1, 0.15) is 32.9 Å². The maximum absolute atomic E-state index is 12.2. The predicted octanol–water partition coefficient (Wildman–Crippen LogP) is 2.71. The van der Waals surface area contributed by atoms with E-state index in [1.807, 2.05) is 0 Å². The van der Waals surface area contributed by atoms with E-state index in [-0.39, 0.29) is 23.6 Å². The first-order chi connectivity index (χ1) is 11.6. The molecule has 1 aliphatic rings. The third-order valence-corrected chi connectivity index (χ3v) is 4.66. The molecular weight excluding hydrogens is 326 g/mol. The quantitative estimate of drug-likeness (QED) is 0.780. The molecule has 1 aromatic heterocycles. The van der Waals surface area contributed by atoms with Crippen LogP contribution in [0.2, 0.25) is 0 Å². The second-order valence-corrected chi connectivity index (χ2v) is 6.62. The highest BCUT2D eigenvalue weighted by molar-refractivity contribution is 7.18. The normalized spacial score (nSPS) is 13.2. The Bertz CT molecular complexity index is 779. The average Bonchev–Trinajstić information content (AvgIpc) is 3.34. The summed E-state index contributed by atoms with van der Waals surface area (Å²) in [5, 5.41) is 8.81. The molecule has 7 heteroatoms. The Kier molecular flexibility index (Phi) is 4.61. The molecular formula is C17H17N3O3S. The number of nitrogens with one attached hydrogen (secondary N) is 3. The number of carbonyl (C=O) groups excluding carboxylic acids is 3. The fourth-order valence-electron chi connectivity index (χ4n) is 2.14. The van der Waals surface area contributed by atoms with Gasteiger partial charge in [0.15, 0.2) is 0 Å². The van der Waals surface area contributed by atoms with Gasteiger partial charge in [-0.15, -0.1) is 11.3 Å². The van der Waals surface area contributed by atoms with Crippen molar-refractivity contribution in [2.45, 2.75) is 12.8 Å². The summed E-state index contributed by atoms with van der Waals surface area (Å²) in [6.07, 6.45) is 1.88. The number of anilines is 2. The van der Waals surface area contributed by atoms with Crippen molar-refractivity contribution in [1.29, 1.82) is 0 Å². The highest BCUT2D eigenvalue weighted by Gasteiger charge is 2.29. The number of rotatable bonds is 5. The van der Waals surface area contributed by atoms with E-state index in [1.165, 1.54) is 11.3 Å². The molecule has 0 saturated heterocycles. The topological polar surface area (TPSA) is 87.3 Å². The van der Waals surface area contributed by atoms with Crippen LogP contribution < -0.4 is 16.0 Å². The van der Waals surface area contributed by atoms with Crippen LogP contribution in [0.3, 0.4) is 0 Å². The van der Waals surface area contributed by atoms with E-state index in [0.717, 1.165) is 12.8 Å². The molecule has 0 atom stereocenters. The van der Waals surface area contributed by atoms with Crippen molar-refractivity contribution in [2.24, 2.45) is 5.92 Å². The summed E-state index contributed by atoms with van der Waals surface area (Å²) in [6.45, 7) is 0. The van der Waals surface area contributed by atoms with Gasteiger partial charge in [0.1, 0.15) is 0 Å². The summed E-state index contributed by atoms with van der Waals surface area (Å²) in [4.78, 5) is 36.0. The van der Waals surface area contributed by atoms with E-state index in [1.54, 1.807) is 43.4 Å². The number of amides is 3. The minimum Gasteiger partial charge on any atom is -0.355 e. The van der Waals surface area contributed by atoms with Crippen LogP contribution in [0.15, 0.2) is 36.4 Å². The first kappa shape index (κ1) is 16.2. The van der Waals surface area contributed by atoms with Crippen molar-refractivity contribution in [3.8, 4) is 0 Å². The minimum absolute atomic E-state index is 0.0218. The molecule has 124 valence electrons. The summed E-state index contributed by atoms with van der Waals surface area (Å²) in [5.74, 6) is -0.279. The summed E-state index contributed by atoms with van der Waals surface area (Å²) < 4.78 is 0. The lowest BCUT2D eigenvalue weighted by Crippen LogP contribution is -2.17. The van der Waals surface area contributed by atoms with E-state index in [2.05, 4.69) is 16.0 Å². The number of thiophene rings is 1. The maximum atomic E-state index is 12.2. The van der Waals surface area contributed by atoms with E-state index >= 15 is 0 Å². The Morgan fingerprint density at radius 3 is 2.29 bits per heavy atom. The average molecular weight is 343 g/mol. The number of benzene rings is 1. The molecule has 1 heterocycles. The van der Waals surface area contributed by atoms with Crippen molar-refractivity contribution in [1.82, 2.24) is 5.32 Å². The van der Waals surface area contributed by atoms with Crippen LogP contribution in [-0.4, -0.2) is 24.8 Å². The van der Waals surface area contributed by atoms with E-state index in [4.69, 9.17) is 0 Å². The Labute approximate surface area is 143 Å². The molecule has 1 aromatic carbocycles. The van der Waals surface area contributed by atoms with Gasteiger partial charge in [0, 0.05) is 24.2 Å². The molecule has 24 heavy (non-hydrogen) atoms. The predicted molar refractivity (Wildman–Crippen MR) is 93.5 cm³/mol. The molecule has 1 saturated carbocycles. The number of carbonyl (C=O) groups is 3. The molecule has 3 rings (SSSR count). The second kappa shape index (κ2) is 6.84. The molecule has 1 aliphatic carbocycles. The van der Waals surface area contributed by atoms with Gasteiger partial charge in [0.2, 0.25) is 5.91 Å². The lowest BCUT2D eigenvalue weighted by Gasteiger charge is -2.05. The van der Waals surface area contributed by atoms with Gasteiger partial charge in [-0.05, 0) is 49.2 Å². The molecule has 2 aromatic rings. The van der Waals surface area contributed by atoms with Gasteiger partial charge in [0.25, 0.3) is 11.8 Å². The molecule has 0 aliphatic heterocycles. The first-order valence-electron chi connectivity index (χ1n) is 7.61. The van der Waals surface area contributed by atoms with E-state index in [0.29, 0.717) is 21.1 Å². The molecule has 3 amide bonds. The van der Waals surface area contributed by atoms with Crippen molar-refractivity contribution in [2.75, 3.05) is 17.7 Å². The minimum atomic E-state index is -0.250. The molecule has 0 spiro atoms. The fourth-order valence-corrected chi connectivity index (χ4v) is 2.94. The van der Waals surface area contributed by atoms with Gasteiger partial charge in [-0.25, -0.2) is 0 Å². The zero-order valence-corrected chi connectivity index (χ0v) is 13.9. The summed E-state index contributed by atoms with van der Waals surface area (Å²) in [7, 11) is 1.56. The van der Waals surface area contributed by atoms with Crippen LogP contribution in [0.4, 0.5) is 10.7 Å². The molecule has 0 bridgehead atoms. The SMILES string of the molecule is CNC(=O)c1ccc(NC(=O)c2ccc(NC(=O)C3CC3)s2)cc1. The summed E-state index contributed by atoms with van der Waals surface area (Å²) in [6, 6.07) is 10.0. The zero-order chi connectivity index (χ0) is 17.1. The molecule has 3 N–H and O–H groups in total. The van der Waals surface area contributed by atoms with E-state index < -0.39 is 0 Å². The fraction of sp³-hybridized carbons (Fsp3) is 0.235. The smallest absolute Gasteiger partial charge is 0.265 e. The molecule has 6 nitrogen and oxygen atoms in total. The van der Waals surface area contributed by atoms with Gasteiger partial charge in [-0.3, -0.25) is 14.4 Å². The van der Waals surface area contributed by atoms with E-state index in [9.17, 15) is 14.4 Å². The van der Waals surface area contributed by atoms with Crippen LogP contribution in [-0.2, 0) is 4.79 Å². The Morgan fingerprint density at radius 1 is 0.958 bits per heavy atom. The number of hydrogen-bond donors (Lipinski definition) is 3. The molecule has 0 radical (unpaired) electrons. The monoisotopic (exact) mass is 343 g/mol. The number of hydrogen-bond acceptors (Lipinski definition) is 4. The second-order valence-electron chi connectivity index (χ2n) is 5.54. The van der Waals surface area contributed by atoms with Gasteiger partial charge < -0.3 is 16.0 Å². The van der Waals surface area contributed by atoms with Crippen LogP contribution in [0.5, 0.6) is 0 Å². The lowest BCUT2D eigenvalue weighted by atomic mass is 10.2. The van der Waals surface area contributed by atoms with Crippen LogP contribution >= 0.6 is 11.3 Å². The van der Waals surface area contributed by atoms with Gasteiger partial charge in [0.05, 0.1) is 9.88 Å². The third kappa shape index (κ3) is 3.80. The van der Waals surface area contributed by atoms with Crippen LogP contribution in [0, 0.1) is 5.92 Å². The zero-order valence-electron chi connectivity index (χ0n) is 13.1. The third-order valence-electron chi connectivity index (χ3n) is 3.66. The lowest BCUT2D eigenvalue weighted by molar-refractivity contribution is -0.117. The van der Waals surface area contributed by atoms with Gasteiger partial charge in [-0.2, -0.15) is 0 Å². The van der Waals surface area contributed by atoms with Gasteiger partial charge >= 0.3 is 0 Å². The largest absolute Gasteiger partial charge is 0.355 e.